The third-order valence-corrected chi connectivity index (χ3v) is 6.98. The number of aromatic nitrogens is 2. The van der Waals surface area contributed by atoms with Crippen molar-refractivity contribution in [3.63, 3.8) is 0 Å². The molecule has 8 heteroatoms. The number of methoxy groups -OCH3 is 2. The van der Waals surface area contributed by atoms with Crippen molar-refractivity contribution in [1.29, 1.82) is 0 Å². The quantitative estimate of drug-likeness (QED) is 0.586. The van der Waals surface area contributed by atoms with Crippen molar-refractivity contribution in [2.24, 2.45) is 0 Å². The number of hydrogen-bond donors (Lipinski definition) is 1. The topological polar surface area (TPSA) is 80.1 Å². The number of β-amino-alcohol motifs (C(OH)–C–C–N with tert-alkyl or cyclic N) is 1. The lowest BCUT2D eigenvalue weighted by atomic mass is 10.0. The van der Waals surface area contributed by atoms with E-state index in [0.717, 1.165) is 71.7 Å². The number of aliphatic hydroxyl groups excluding tert-OH is 1. The Kier molecular flexibility index (Phi) is 6.15. The van der Waals surface area contributed by atoms with E-state index in [1.165, 1.54) is 0 Å². The average molecular weight is 477 g/mol. The number of hydrogen-bond acceptors (Lipinski definition) is 7. The van der Waals surface area contributed by atoms with E-state index in [1.807, 2.05) is 55.4 Å². The Labute approximate surface area is 205 Å². The first kappa shape index (κ1) is 23.2. The smallest absolute Gasteiger partial charge is 0.275 e. The molecule has 0 spiro atoms. The molecule has 1 atom stereocenters. The molecule has 1 aromatic heterocycles. The molecule has 2 aliphatic rings. The highest BCUT2D eigenvalue weighted by Crippen LogP contribution is 2.35. The van der Waals surface area contributed by atoms with Crippen LogP contribution in [-0.2, 0) is 12.8 Å². The second-order valence-corrected chi connectivity index (χ2v) is 9.43. The highest BCUT2D eigenvalue weighted by molar-refractivity contribution is 5.72. The van der Waals surface area contributed by atoms with E-state index in [2.05, 4.69) is 4.90 Å². The van der Waals surface area contributed by atoms with Crippen LogP contribution in [0.2, 0.25) is 0 Å². The second kappa shape index (κ2) is 9.26. The molecule has 0 saturated carbocycles. The van der Waals surface area contributed by atoms with E-state index >= 15 is 0 Å². The molecule has 1 fully saturated rings. The molecule has 2 aromatic carbocycles. The Morgan fingerprint density at radius 3 is 2.37 bits per heavy atom. The summed E-state index contributed by atoms with van der Waals surface area (Å²) < 4.78 is 12.6. The Morgan fingerprint density at radius 1 is 1.03 bits per heavy atom. The molecule has 0 radical (unpaired) electrons. The molecule has 1 N–H and O–H groups in total. The summed E-state index contributed by atoms with van der Waals surface area (Å²) in [6.45, 7) is 1.37. The summed E-state index contributed by atoms with van der Waals surface area (Å²) in [6, 6.07) is 11.8. The minimum absolute atomic E-state index is 0.0715. The van der Waals surface area contributed by atoms with Crippen molar-refractivity contribution in [3.8, 4) is 28.4 Å². The summed E-state index contributed by atoms with van der Waals surface area (Å²) in [4.78, 5) is 17.9. The fourth-order valence-corrected chi connectivity index (χ4v) is 5.15. The molecule has 2 heterocycles. The van der Waals surface area contributed by atoms with E-state index in [9.17, 15) is 9.90 Å². The Balaban J connectivity index is 1.73. The Hall–Kier alpha value is -3.52. The third-order valence-electron chi connectivity index (χ3n) is 6.98. The predicted molar refractivity (Wildman–Crippen MR) is 138 cm³/mol. The van der Waals surface area contributed by atoms with Crippen LogP contribution in [0.1, 0.15) is 24.0 Å². The minimum Gasteiger partial charge on any atom is -0.497 e. The van der Waals surface area contributed by atoms with E-state index < -0.39 is 0 Å². The van der Waals surface area contributed by atoms with Crippen LogP contribution in [0.3, 0.4) is 0 Å². The molecular formula is C27H32N4O4. The van der Waals surface area contributed by atoms with Gasteiger partial charge in [0.25, 0.3) is 5.56 Å². The van der Waals surface area contributed by atoms with Gasteiger partial charge >= 0.3 is 0 Å². The van der Waals surface area contributed by atoms with Gasteiger partial charge in [-0.1, -0.05) is 0 Å². The molecule has 5 rings (SSSR count). The molecule has 35 heavy (non-hydrogen) atoms. The number of ether oxygens (including phenoxy) is 2. The summed E-state index contributed by atoms with van der Waals surface area (Å²) >= 11 is 0. The van der Waals surface area contributed by atoms with Gasteiger partial charge in [-0.3, -0.25) is 4.79 Å². The molecule has 1 saturated heterocycles. The van der Waals surface area contributed by atoms with E-state index in [0.29, 0.717) is 18.0 Å². The van der Waals surface area contributed by atoms with Crippen LogP contribution in [0.4, 0.5) is 11.4 Å². The van der Waals surface area contributed by atoms with Gasteiger partial charge < -0.3 is 24.4 Å². The molecule has 0 amide bonds. The number of benzene rings is 2. The van der Waals surface area contributed by atoms with Gasteiger partial charge in [0.1, 0.15) is 11.5 Å². The highest BCUT2D eigenvalue weighted by atomic mass is 16.5. The van der Waals surface area contributed by atoms with Gasteiger partial charge in [0.2, 0.25) is 0 Å². The summed E-state index contributed by atoms with van der Waals surface area (Å²) in [5.74, 6) is 1.35. The molecular weight excluding hydrogens is 444 g/mol. The first-order valence-electron chi connectivity index (χ1n) is 12.0. The summed E-state index contributed by atoms with van der Waals surface area (Å²) in [6.07, 6.45) is 2.89. The zero-order chi connectivity index (χ0) is 24.7. The van der Waals surface area contributed by atoms with Gasteiger partial charge in [-0.25, -0.2) is 0 Å². The number of rotatable bonds is 6. The third kappa shape index (κ3) is 4.23. The first-order chi connectivity index (χ1) is 16.9. The van der Waals surface area contributed by atoms with Crippen molar-refractivity contribution in [1.82, 2.24) is 9.78 Å². The maximum atomic E-state index is 13.7. The average Bonchev–Trinajstić information content (AvgIpc) is 3.53. The van der Waals surface area contributed by atoms with E-state index in [1.54, 1.807) is 18.9 Å². The van der Waals surface area contributed by atoms with Crippen LogP contribution in [0.25, 0.3) is 16.9 Å². The molecule has 184 valence electrons. The zero-order valence-electron chi connectivity index (χ0n) is 20.7. The minimum atomic E-state index is -0.331. The van der Waals surface area contributed by atoms with Crippen molar-refractivity contribution >= 4 is 11.4 Å². The highest BCUT2D eigenvalue weighted by Gasteiger charge is 2.26. The molecule has 1 unspecified atom stereocenters. The van der Waals surface area contributed by atoms with E-state index in [4.69, 9.17) is 14.6 Å². The first-order valence-corrected chi connectivity index (χ1v) is 12.0. The standard InChI is InChI=1S/C27H32N4O4/c1-29(2)24-9-8-18(30-11-10-19(32)16-30)14-25(24)31-27(33)23-7-5-6-22(23)26(28-31)17-12-20(34-3)15-21(13-17)35-4/h8-9,12-15,19,32H,5-7,10-11,16H2,1-4H3. The van der Waals surface area contributed by atoms with Gasteiger partial charge in [-0.05, 0) is 61.6 Å². The maximum Gasteiger partial charge on any atom is 0.275 e. The van der Waals surface area contributed by atoms with Crippen molar-refractivity contribution < 1.29 is 14.6 Å². The lowest BCUT2D eigenvalue weighted by Gasteiger charge is -2.24. The Morgan fingerprint density at radius 2 is 1.74 bits per heavy atom. The predicted octanol–water partition coefficient (Wildman–Crippen LogP) is 3.04. The monoisotopic (exact) mass is 476 g/mol. The van der Waals surface area contributed by atoms with Crippen LogP contribution >= 0.6 is 0 Å². The van der Waals surface area contributed by atoms with Crippen LogP contribution < -0.4 is 24.8 Å². The van der Waals surface area contributed by atoms with Crippen molar-refractivity contribution in [2.45, 2.75) is 31.8 Å². The molecule has 3 aromatic rings. The SMILES string of the molecule is COc1cc(OC)cc(-c2nn(-c3cc(N4CCC(O)C4)ccc3N(C)C)c(=O)c3c2CCC3)c1. The summed E-state index contributed by atoms with van der Waals surface area (Å²) in [5, 5.41) is 15.0. The summed E-state index contributed by atoms with van der Waals surface area (Å²) in [5.41, 5.74) is 5.99. The molecule has 1 aliphatic heterocycles. The molecule has 0 bridgehead atoms. The van der Waals surface area contributed by atoms with E-state index in [-0.39, 0.29) is 11.7 Å². The van der Waals surface area contributed by atoms with Crippen molar-refractivity contribution in [2.75, 3.05) is 51.2 Å². The van der Waals surface area contributed by atoms with Gasteiger partial charge in [0, 0.05) is 50.1 Å². The lowest BCUT2D eigenvalue weighted by molar-refractivity contribution is 0.198. The van der Waals surface area contributed by atoms with Gasteiger partial charge in [-0.15, -0.1) is 0 Å². The fraction of sp³-hybridized carbons (Fsp3) is 0.407. The summed E-state index contributed by atoms with van der Waals surface area (Å²) in [7, 11) is 7.18. The normalized spacial score (nSPS) is 16.9. The van der Waals surface area contributed by atoms with Gasteiger partial charge in [-0.2, -0.15) is 9.78 Å². The maximum absolute atomic E-state index is 13.7. The van der Waals surface area contributed by atoms with Crippen LogP contribution in [0.5, 0.6) is 11.5 Å². The lowest BCUT2D eigenvalue weighted by Crippen LogP contribution is -2.28. The number of fused-ring (bicyclic) bond motifs is 1. The van der Waals surface area contributed by atoms with Crippen LogP contribution in [-0.4, -0.2) is 62.4 Å². The van der Waals surface area contributed by atoms with Crippen molar-refractivity contribution in [3.05, 3.63) is 57.9 Å². The largest absolute Gasteiger partial charge is 0.497 e. The number of anilines is 2. The van der Waals surface area contributed by atoms with Gasteiger partial charge in [0.15, 0.2) is 0 Å². The Bertz CT molecular complexity index is 1300. The molecule has 8 nitrogen and oxygen atoms in total. The number of nitrogens with zero attached hydrogens (tertiary/aromatic N) is 4. The fourth-order valence-electron chi connectivity index (χ4n) is 5.15. The second-order valence-electron chi connectivity index (χ2n) is 9.43. The zero-order valence-corrected chi connectivity index (χ0v) is 20.7. The molecule has 1 aliphatic carbocycles. The van der Waals surface area contributed by atoms with Gasteiger partial charge in [0.05, 0.1) is 37.4 Å². The van der Waals surface area contributed by atoms with Crippen LogP contribution in [0.15, 0.2) is 41.2 Å². The van der Waals surface area contributed by atoms with Crippen LogP contribution in [0, 0.1) is 0 Å². The number of aliphatic hydroxyl groups is 1.